The second kappa shape index (κ2) is 10.5. The molecule has 1 aromatic heterocycles. The van der Waals surface area contributed by atoms with Crippen molar-refractivity contribution in [3.05, 3.63) is 76.5 Å². The number of carbonyl (C=O) groups excluding carboxylic acids is 2. The maximum atomic E-state index is 13.3. The lowest BCUT2D eigenvalue weighted by Gasteiger charge is -2.37. The van der Waals surface area contributed by atoms with E-state index in [1.54, 1.807) is 43.8 Å². The fraction of sp³-hybridized carbons (Fsp3) is 0.308. The highest BCUT2D eigenvalue weighted by atomic mass is 32.1. The van der Waals surface area contributed by atoms with Gasteiger partial charge in [0.2, 0.25) is 11.8 Å². The molecule has 1 saturated heterocycles. The number of hydrogen-bond donors (Lipinski definition) is 1. The standard InChI is InChI=1S/C26H28N2O4S/c1-31-22-12-21(13-23(14-22)32-2)27-26(30)20-11-19(18-7-4-3-5-8-18)16-28(17-20)25(29)15-24-9-6-10-33-24/h3-10,12-14,19-20H,11,15-17H2,1-2H3,(H,27,30). The number of piperidine rings is 1. The van der Waals surface area contributed by atoms with Crippen LogP contribution in [0, 0.1) is 5.92 Å². The molecule has 2 unspecified atom stereocenters. The predicted molar refractivity (Wildman–Crippen MR) is 130 cm³/mol. The van der Waals surface area contributed by atoms with Gasteiger partial charge >= 0.3 is 0 Å². The Bertz CT molecular complexity index is 1060. The predicted octanol–water partition coefficient (Wildman–Crippen LogP) is 4.58. The van der Waals surface area contributed by atoms with Crippen molar-refractivity contribution in [3.63, 3.8) is 0 Å². The van der Waals surface area contributed by atoms with Crippen LogP contribution in [0.5, 0.6) is 11.5 Å². The highest BCUT2D eigenvalue weighted by Gasteiger charge is 2.34. The first-order valence-electron chi connectivity index (χ1n) is 10.9. The van der Waals surface area contributed by atoms with E-state index in [4.69, 9.17) is 9.47 Å². The van der Waals surface area contributed by atoms with Crippen molar-refractivity contribution in [1.82, 2.24) is 4.90 Å². The lowest BCUT2D eigenvalue weighted by molar-refractivity contribution is -0.134. The Hall–Kier alpha value is -3.32. The molecule has 1 fully saturated rings. The number of benzene rings is 2. The van der Waals surface area contributed by atoms with Crippen LogP contribution < -0.4 is 14.8 Å². The Labute approximate surface area is 198 Å². The van der Waals surface area contributed by atoms with Gasteiger partial charge in [0.25, 0.3) is 0 Å². The van der Waals surface area contributed by atoms with E-state index < -0.39 is 0 Å². The Morgan fingerprint density at radius 3 is 2.36 bits per heavy atom. The molecule has 0 aliphatic carbocycles. The van der Waals surface area contributed by atoms with E-state index >= 15 is 0 Å². The zero-order valence-electron chi connectivity index (χ0n) is 18.8. The van der Waals surface area contributed by atoms with E-state index in [0.29, 0.717) is 43.1 Å². The van der Waals surface area contributed by atoms with Crippen molar-refractivity contribution in [2.75, 3.05) is 32.6 Å². The second-order valence-electron chi connectivity index (χ2n) is 8.19. The van der Waals surface area contributed by atoms with E-state index in [1.165, 1.54) is 0 Å². The summed E-state index contributed by atoms with van der Waals surface area (Å²) in [6.45, 7) is 1.02. The molecule has 1 aliphatic rings. The molecule has 2 heterocycles. The Balaban J connectivity index is 1.53. The number of nitrogens with zero attached hydrogens (tertiary/aromatic N) is 1. The molecule has 1 aliphatic heterocycles. The smallest absolute Gasteiger partial charge is 0.229 e. The number of thiophene rings is 1. The van der Waals surface area contributed by atoms with Crippen LogP contribution >= 0.6 is 11.3 Å². The molecule has 6 nitrogen and oxygen atoms in total. The summed E-state index contributed by atoms with van der Waals surface area (Å²) in [5, 5.41) is 4.98. The minimum Gasteiger partial charge on any atom is -0.497 e. The topological polar surface area (TPSA) is 67.9 Å². The molecule has 3 aromatic rings. The first-order valence-corrected chi connectivity index (χ1v) is 11.8. The molecule has 0 spiro atoms. The fourth-order valence-corrected chi connectivity index (χ4v) is 4.95. The average Bonchev–Trinajstić information content (AvgIpc) is 3.37. The first kappa shape index (κ1) is 22.9. The van der Waals surface area contributed by atoms with Crippen molar-refractivity contribution in [1.29, 1.82) is 0 Å². The highest BCUT2D eigenvalue weighted by Crippen LogP contribution is 2.32. The normalized spacial score (nSPS) is 17.9. The molecule has 1 N–H and O–H groups in total. The second-order valence-corrected chi connectivity index (χ2v) is 9.22. The molecule has 7 heteroatoms. The summed E-state index contributed by atoms with van der Waals surface area (Å²) in [4.78, 5) is 29.3. The quantitative estimate of drug-likeness (QED) is 0.556. The van der Waals surface area contributed by atoms with Gasteiger partial charge in [-0.3, -0.25) is 9.59 Å². The number of ether oxygens (including phenoxy) is 2. The summed E-state index contributed by atoms with van der Waals surface area (Å²) < 4.78 is 10.6. The molecular weight excluding hydrogens is 436 g/mol. The maximum Gasteiger partial charge on any atom is 0.229 e. The van der Waals surface area contributed by atoms with Crippen molar-refractivity contribution in [2.45, 2.75) is 18.8 Å². The number of nitrogens with one attached hydrogen (secondary N) is 1. The third-order valence-corrected chi connectivity index (χ3v) is 6.85. The van der Waals surface area contributed by atoms with Crippen LogP contribution in [0.2, 0.25) is 0 Å². The van der Waals surface area contributed by atoms with Crippen LogP contribution in [0.3, 0.4) is 0 Å². The molecule has 172 valence electrons. The van der Waals surface area contributed by atoms with Crippen LogP contribution in [-0.4, -0.2) is 44.0 Å². The van der Waals surface area contributed by atoms with Crippen molar-refractivity contribution in [2.24, 2.45) is 5.92 Å². The van der Waals surface area contributed by atoms with Crippen molar-refractivity contribution >= 4 is 28.8 Å². The number of likely N-dealkylation sites (tertiary alicyclic amines) is 1. The minimum absolute atomic E-state index is 0.0546. The molecule has 0 bridgehead atoms. The van der Waals surface area contributed by atoms with Gasteiger partial charge in [-0.15, -0.1) is 11.3 Å². The molecule has 0 radical (unpaired) electrons. The van der Waals surface area contributed by atoms with E-state index in [-0.39, 0.29) is 23.7 Å². The largest absolute Gasteiger partial charge is 0.497 e. The summed E-state index contributed by atoms with van der Waals surface area (Å²) in [6.07, 6.45) is 1.04. The monoisotopic (exact) mass is 464 g/mol. The molecule has 2 atom stereocenters. The van der Waals surface area contributed by atoms with Gasteiger partial charge in [0.15, 0.2) is 0 Å². The van der Waals surface area contributed by atoms with Gasteiger partial charge in [-0.05, 0) is 23.4 Å². The van der Waals surface area contributed by atoms with Crippen LogP contribution in [-0.2, 0) is 16.0 Å². The van der Waals surface area contributed by atoms with Gasteiger partial charge in [-0.2, -0.15) is 0 Å². The van der Waals surface area contributed by atoms with Crippen LogP contribution in [0.1, 0.15) is 22.8 Å². The van der Waals surface area contributed by atoms with E-state index in [9.17, 15) is 9.59 Å². The third-order valence-electron chi connectivity index (χ3n) is 5.97. The molecule has 0 saturated carbocycles. The molecule has 2 aromatic carbocycles. The molecule has 4 rings (SSSR count). The van der Waals surface area contributed by atoms with Gasteiger partial charge in [-0.1, -0.05) is 36.4 Å². The van der Waals surface area contributed by atoms with Gasteiger partial charge in [-0.25, -0.2) is 0 Å². The molecule has 33 heavy (non-hydrogen) atoms. The Morgan fingerprint density at radius 2 is 1.73 bits per heavy atom. The van der Waals surface area contributed by atoms with Crippen LogP contribution in [0.4, 0.5) is 5.69 Å². The third kappa shape index (κ3) is 5.73. The van der Waals surface area contributed by atoms with E-state index in [0.717, 1.165) is 10.4 Å². The number of methoxy groups -OCH3 is 2. The summed E-state index contributed by atoms with van der Waals surface area (Å²) in [7, 11) is 3.14. The zero-order chi connectivity index (χ0) is 23.2. The summed E-state index contributed by atoms with van der Waals surface area (Å²) in [5.74, 6) is 0.918. The van der Waals surface area contributed by atoms with Crippen molar-refractivity contribution < 1.29 is 19.1 Å². The summed E-state index contributed by atoms with van der Waals surface area (Å²) in [5.41, 5.74) is 1.75. The molecular formula is C26H28N2O4S. The van der Waals surface area contributed by atoms with E-state index in [1.807, 2.05) is 40.6 Å². The van der Waals surface area contributed by atoms with Gasteiger partial charge in [0.05, 0.1) is 26.6 Å². The number of carbonyl (C=O) groups is 2. The number of hydrogen-bond acceptors (Lipinski definition) is 5. The Kier molecular flexibility index (Phi) is 7.29. The van der Waals surface area contributed by atoms with Crippen LogP contribution in [0.25, 0.3) is 0 Å². The minimum atomic E-state index is -0.326. The van der Waals surface area contributed by atoms with E-state index in [2.05, 4.69) is 17.4 Å². The number of anilines is 1. The number of amides is 2. The zero-order valence-corrected chi connectivity index (χ0v) is 19.6. The number of rotatable bonds is 7. The molecule has 2 amide bonds. The summed E-state index contributed by atoms with van der Waals surface area (Å²) >= 11 is 1.58. The summed E-state index contributed by atoms with van der Waals surface area (Å²) in [6, 6.07) is 19.3. The maximum absolute atomic E-state index is 13.3. The van der Waals surface area contributed by atoms with Gasteiger partial charge in [0.1, 0.15) is 11.5 Å². The van der Waals surface area contributed by atoms with Gasteiger partial charge < -0.3 is 19.7 Å². The highest BCUT2D eigenvalue weighted by molar-refractivity contribution is 7.10. The van der Waals surface area contributed by atoms with Gasteiger partial charge in [0, 0.05) is 47.8 Å². The lowest BCUT2D eigenvalue weighted by atomic mass is 9.84. The lowest BCUT2D eigenvalue weighted by Crippen LogP contribution is -2.47. The van der Waals surface area contributed by atoms with Crippen molar-refractivity contribution in [3.8, 4) is 11.5 Å². The SMILES string of the molecule is COc1cc(NC(=O)C2CC(c3ccccc3)CN(C(=O)Cc3cccs3)C2)cc(OC)c1. The fourth-order valence-electron chi connectivity index (χ4n) is 4.26. The Morgan fingerprint density at radius 1 is 1.00 bits per heavy atom. The van der Waals surface area contributed by atoms with Crippen LogP contribution in [0.15, 0.2) is 66.0 Å². The average molecular weight is 465 g/mol. The first-order chi connectivity index (χ1) is 16.1.